The van der Waals surface area contributed by atoms with Crippen LogP contribution in [-0.2, 0) is 4.74 Å². The molecule has 1 aliphatic heterocycles. The number of nitrogens with two attached hydrogens (primary N) is 1. The molecule has 0 radical (unpaired) electrons. The third kappa shape index (κ3) is 4.91. The van der Waals surface area contributed by atoms with Gasteiger partial charge in [-0.3, -0.25) is 4.90 Å². The van der Waals surface area contributed by atoms with Gasteiger partial charge in [-0.1, -0.05) is 12.2 Å². The summed E-state index contributed by atoms with van der Waals surface area (Å²) < 4.78 is 5.35. The molecule has 88 valence electrons. The summed E-state index contributed by atoms with van der Waals surface area (Å²) in [5.74, 6) is 0.746. The average Bonchev–Trinajstić information content (AvgIpc) is 2.17. The van der Waals surface area contributed by atoms with Gasteiger partial charge in [0.1, 0.15) is 0 Å². The lowest BCUT2D eigenvalue weighted by Crippen LogP contribution is -2.41. The lowest BCUT2D eigenvalue weighted by Gasteiger charge is -2.32. The van der Waals surface area contributed by atoms with E-state index in [1.54, 1.807) is 0 Å². The first-order chi connectivity index (χ1) is 7.09. The Kier molecular flexibility index (Phi) is 5.50. The minimum atomic E-state index is 0.509. The molecule has 15 heavy (non-hydrogen) atoms. The topological polar surface area (TPSA) is 38.5 Å². The molecular weight excluding hydrogens is 208 g/mol. The first-order valence-electron chi connectivity index (χ1n) is 5.69. The van der Waals surface area contributed by atoms with Crippen molar-refractivity contribution in [3.63, 3.8) is 0 Å². The van der Waals surface area contributed by atoms with E-state index in [0.717, 1.165) is 32.2 Å². The van der Waals surface area contributed by atoms with Gasteiger partial charge >= 0.3 is 0 Å². The molecule has 0 unspecified atom stereocenters. The number of nitrogens with zero attached hydrogens (tertiary/aromatic N) is 1. The van der Waals surface area contributed by atoms with E-state index in [1.165, 1.54) is 12.8 Å². The summed E-state index contributed by atoms with van der Waals surface area (Å²) in [4.78, 5) is 2.95. The second-order valence-electron chi connectivity index (χ2n) is 4.55. The summed E-state index contributed by atoms with van der Waals surface area (Å²) in [6.45, 7) is 8.03. The smallest absolute Gasteiger partial charge is 0.0870 e. The fourth-order valence-corrected chi connectivity index (χ4v) is 2.08. The van der Waals surface area contributed by atoms with Crippen LogP contribution in [0.5, 0.6) is 0 Å². The van der Waals surface area contributed by atoms with Crippen molar-refractivity contribution in [2.75, 3.05) is 26.3 Å². The molecule has 0 aromatic heterocycles. The first-order valence-corrected chi connectivity index (χ1v) is 6.10. The highest BCUT2D eigenvalue weighted by molar-refractivity contribution is 7.80. The van der Waals surface area contributed by atoms with Crippen molar-refractivity contribution < 1.29 is 4.74 Å². The van der Waals surface area contributed by atoms with Crippen molar-refractivity contribution in [2.45, 2.75) is 32.7 Å². The monoisotopic (exact) mass is 230 g/mol. The van der Waals surface area contributed by atoms with E-state index < -0.39 is 0 Å². The highest BCUT2D eigenvalue weighted by Crippen LogP contribution is 2.17. The Bertz CT molecular complexity index is 203. The molecule has 2 N–H and O–H groups in total. The van der Waals surface area contributed by atoms with Gasteiger partial charge in [0.2, 0.25) is 0 Å². The molecule has 0 bridgehead atoms. The number of thiocarbonyl (C=S) groups is 1. The van der Waals surface area contributed by atoms with Crippen LogP contribution in [0.4, 0.5) is 0 Å². The molecule has 0 amide bonds. The van der Waals surface area contributed by atoms with E-state index in [9.17, 15) is 0 Å². The maximum Gasteiger partial charge on any atom is 0.0870 e. The van der Waals surface area contributed by atoms with Gasteiger partial charge in [-0.05, 0) is 32.6 Å². The lowest BCUT2D eigenvalue weighted by molar-refractivity contribution is 0.0506. The number of hydrogen-bond acceptors (Lipinski definition) is 3. The van der Waals surface area contributed by atoms with Crippen LogP contribution in [0.25, 0.3) is 0 Å². The standard InChI is InChI=1S/C11H22N2OS/c1-9(2)13(8-11(12)15)7-10-3-5-14-6-4-10/h9-10H,3-8H2,1-2H3,(H2,12,15). The zero-order valence-corrected chi connectivity index (χ0v) is 10.6. The summed E-state index contributed by atoms with van der Waals surface area (Å²) >= 11 is 4.97. The number of rotatable bonds is 5. The van der Waals surface area contributed by atoms with E-state index >= 15 is 0 Å². The van der Waals surface area contributed by atoms with Crippen molar-refractivity contribution in [1.82, 2.24) is 4.90 Å². The van der Waals surface area contributed by atoms with Crippen LogP contribution in [0.15, 0.2) is 0 Å². The van der Waals surface area contributed by atoms with E-state index in [2.05, 4.69) is 18.7 Å². The van der Waals surface area contributed by atoms with Crippen LogP contribution in [-0.4, -0.2) is 42.2 Å². The summed E-state index contributed by atoms with van der Waals surface area (Å²) in [5, 5.41) is 0. The average molecular weight is 230 g/mol. The predicted octanol–water partition coefficient (Wildman–Crippen LogP) is 1.41. The van der Waals surface area contributed by atoms with Gasteiger partial charge in [-0.15, -0.1) is 0 Å². The second kappa shape index (κ2) is 6.40. The van der Waals surface area contributed by atoms with E-state index in [0.29, 0.717) is 11.0 Å². The fraction of sp³-hybridized carbons (Fsp3) is 0.909. The maximum atomic E-state index is 5.60. The van der Waals surface area contributed by atoms with Crippen LogP contribution in [0, 0.1) is 5.92 Å². The fourth-order valence-electron chi connectivity index (χ4n) is 1.92. The third-order valence-electron chi connectivity index (χ3n) is 2.92. The number of hydrogen-bond donors (Lipinski definition) is 1. The normalized spacial score (nSPS) is 18.7. The molecule has 0 aromatic carbocycles. The SMILES string of the molecule is CC(C)N(CC(N)=S)CC1CCOCC1. The van der Waals surface area contributed by atoms with Gasteiger partial charge in [0.05, 0.1) is 4.99 Å². The quantitative estimate of drug-likeness (QED) is 0.725. The number of ether oxygens (including phenoxy) is 1. The Balaban J connectivity index is 2.38. The Labute approximate surface area is 98.0 Å². The molecule has 3 nitrogen and oxygen atoms in total. The molecule has 1 heterocycles. The van der Waals surface area contributed by atoms with Gasteiger partial charge in [0, 0.05) is 32.3 Å². The minimum Gasteiger partial charge on any atom is -0.392 e. The van der Waals surface area contributed by atoms with Gasteiger partial charge in [0.25, 0.3) is 0 Å². The zero-order valence-electron chi connectivity index (χ0n) is 9.74. The third-order valence-corrected chi connectivity index (χ3v) is 3.05. The molecule has 0 atom stereocenters. The first kappa shape index (κ1) is 12.9. The highest BCUT2D eigenvalue weighted by atomic mass is 32.1. The molecule has 0 aliphatic carbocycles. The molecule has 0 spiro atoms. The van der Waals surface area contributed by atoms with Crippen molar-refractivity contribution >= 4 is 17.2 Å². The predicted molar refractivity (Wildman–Crippen MR) is 67.0 cm³/mol. The molecule has 1 saturated heterocycles. The minimum absolute atomic E-state index is 0.509. The molecule has 0 aromatic rings. The van der Waals surface area contributed by atoms with Crippen LogP contribution in [0.1, 0.15) is 26.7 Å². The van der Waals surface area contributed by atoms with E-state index in [1.807, 2.05) is 0 Å². The molecule has 1 fully saturated rings. The van der Waals surface area contributed by atoms with Gasteiger partial charge in [-0.2, -0.15) is 0 Å². The summed E-state index contributed by atoms with van der Waals surface area (Å²) in [6.07, 6.45) is 2.33. The van der Waals surface area contributed by atoms with Gasteiger partial charge in [0.15, 0.2) is 0 Å². The van der Waals surface area contributed by atoms with Gasteiger partial charge in [-0.25, -0.2) is 0 Å². The zero-order chi connectivity index (χ0) is 11.3. The summed E-state index contributed by atoms with van der Waals surface area (Å²) in [5.41, 5.74) is 5.60. The Morgan fingerprint density at radius 1 is 1.47 bits per heavy atom. The van der Waals surface area contributed by atoms with Crippen molar-refractivity contribution in [3.05, 3.63) is 0 Å². The van der Waals surface area contributed by atoms with Crippen molar-refractivity contribution in [3.8, 4) is 0 Å². The summed E-state index contributed by atoms with van der Waals surface area (Å²) in [7, 11) is 0. The van der Waals surface area contributed by atoms with Crippen LogP contribution >= 0.6 is 12.2 Å². The van der Waals surface area contributed by atoms with Crippen LogP contribution < -0.4 is 5.73 Å². The van der Waals surface area contributed by atoms with E-state index in [-0.39, 0.29) is 0 Å². The molecule has 4 heteroatoms. The Morgan fingerprint density at radius 2 is 2.07 bits per heavy atom. The Morgan fingerprint density at radius 3 is 2.53 bits per heavy atom. The second-order valence-corrected chi connectivity index (χ2v) is 5.07. The van der Waals surface area contributed by atoms with Crippen molar-refractivity contribution in [1.29, 1.82) is 0 Å². The molecule has 1 aliphatic rings. The van der Waals surface area contributed by atoms with Crippen LogP contribution in [0.2, 0.25) is 0 Å². The van der Waals surface area contributed by atoms with E-state index in [4.69, 9.17) is 22.7 Å². The molecule has 1 rings (SSSR count). The summed E-state index contributed by atoms with van der Waals surface area (Å²) in [6, 6.07) is 0.509. The largest absolute Gasteiger partial charge is 0.392 e. The highest BCUT2D eigenvalue weighted by Gasteiger charge is 2.19. The maximum absolute atomic E-state index is 5.60. The lowest BCUT2D eigenvalue weighted by atomic mass is 9.99. The van der Waals surface area contributed by atoms with Crippen molar-refractivity contribution in [2.24, 2.45) is 11.7 Å². The molecular formula is C11H22N2OS. The molecule has 0 saturated carbocycles. The van der Waals surface area contributed by atoms with Gasteiger partial charge < -0.3 is 10.5 Å². The van der Waals surface area contributed by atoms with Crippen LogP contribution in [0.3, 0.4) is 0 Å². The Hall–Kier alpha value is -0.190.